The SMILES string of the molecule is [c]1ccc2[nH]c(-c3ccccc3)nc2c1. The van der Waals surface area contributed by atoms with Crippen molar-refractivity contribution in [3.63, 3.8) is 0 Å². The van der Waals surface area contributed by atoms with Crippen LogP contribution in [0.15, 0.2) is 48.5 Å². The first-order chi connectivity index (χ1) is 7.43. The van der Waals surface area contributed by atoms with Crippen LogP contribution in [0.3, 0.4) is 0 Å². The standard InChI is InChI=1S/C13H9N2/c1-2-6-10(7-3-1)13-14-11-8-4-5-9-12(11)15-13/h1-4,6-9H,(H,14,15). The van der Waals surface area contributed by atoms with Crippen LogP contribution in [0.4, 0.5) is 0 Å². The highest BCUT2D eigenvalue weighted by Gasteiger charge is 2.02. The van der Waals surface area contributed by atoms with Crippen LogP contribution < -0.4 is 0 Å². The van der Waals surface area contributed by atoms with E-state index in [1.165, 1.54) is 0 Å². The monoisotopic (exact) mass is 193 g/mol. The lowest BCUT2D eigenvalue weighted by molar-refractivity contribution is 1.34. The van der Waals surface area contributed by atoms with Gasteiger partial charge in [0.15, 0.2) is 0 Å². The van der Waals surface area contributed by atoms with E-state index in [-0.39, 0.29) is 0 Å². The van der Waals surface area contributed by atoms with Gasteiger partial charge in [-0.25, -0.2) is 4.98 Å². The summed E-state index contributed by atoms with van der Waals surface area (Å²) in [5.74, 6) is 0.908. The smallest absolute Gasteiger partial charge is 0.138 e. The minimum Gasteiger partial charge on any atom is -0.338 e. The zero-order chi connectivity index (χ0) is 10.1. The zero-order valence-corrected chi connectivity index (χ0v) is 8.07. The first kappa shape index (κ1) is 8.24. The third kappa shape index (κ3) is 1.40. The van der Waals surface area contributed by atoms with Crippen molar-refractivity contribution in [2.45, 2.75) is 0 Å². The van der Waals surface area contributed by atoms with Crippen LogP contribution in [0, 0.1) is 6.07 Å². The molecule has 2 heteroatoms. The molecule has 0 amide bonds. The van der Waals surface area contributed by atoms with E-state index in [1.54, 1.807) is 0 Å². The molecule has 3 aromatic rings. The second-order valence-electron chi connectivity index (χ2n) is 3.39. The maximum absolute atomic E-state index is 4.50. The number of nitrogens with one attached hydrogen (secondary N) is 1. The van der Waals surface area contributed by atoms with Crippen molar-refractivity contribution in [2.24, 2.45) is 0 Å². The van der Waals surface area contributed by atoms with E-state index in [0.717, 1.165) is 22.4 Å². The molecule has 0 fully saturated rings. The van der Waals surface area contributed by atoms with Crippen molar-refractivity contribution in [1.82, 2.24) is 9.97 Å². The quantitative estimate of drug-likeness (QED) is 0.632. The Labute approximate surface area is 87.6 Å². The number of benzene rings is 2. The molecule has 0 aliphatic carbocycles. The number of hydrogen-bond acceptors (Lipinski definition) is 1. The van der Waals surface area contributed by atoms with Crippen LogP contribution in [0.25, 0.3) is 22.4 Å². The molecule has 1 radical (unpaired) electrons. The second kappa shape index (κ2) is 3.24. The van der Waals surface area contributed by atoms with E-state index in [4.69, 9.17) is 0 Å². The lowest BCUT2D eigenvalue weighted by Gasteiger charge is -1.93. The molecule has 0 bridgehead atoms. The highest BCUT2D eigenvalue weighted by molar-refractivity contribution is 5.78. The van der Waals surface area contributed by atoms with Crippen molar-refractivity contribution in [2.75, 3.05) is 0 Å². The lowest BCUT2D eigenvalue weighted by Crippen LogP contribution is -1.77. The molecule has 71 valence electrons. The summed E-state index contributed by atoms with van der Waals surface area (Å²) in [5, 5.41) is 0. The van der Waals surface area contributed by atoms with E-state index in [1.807, 2.05) is 48.5 Å². The molecular formula is C13H9N2. The number of rotatable bonds is 1. The highest BCUT2D eigenvalue weighted by Crippen LogP contribution is 2.19. The van der Waals surface area contributed by atoms with Crippen LogP contribution in [0.5, 0.6) is 0 Å². The molecular weight excluding hydrogens is 184 g/mol. The molecule has 0 unspecified atom stereocenters. The molecule has 1 heterocycles. The van der Waals surface area contributed by atoms with E-state index in [9.17, 15) is 0 Å². The fourth-order valence-corrected chi connectivity index (χ4v) is 1.63. The Morgan fingerprint density at radius 1 is 1.07 bits per heavy atom. The van der Waals surface area contributed by atoms with Crippen molar-refractivity contribution in [3.8, 4) is 11.4 Å². The summed E-state index contributed by atoms with van der Waals surface area (Å²) in [6.07, 6.45) is 0. The molecule has 0 atom stereocenters. The Morgan fingerprint density at radius 2 is 1.93 bits per heavy atom. The lowest BCUT2D eigenvalue weighted by atomic mass is 10.2. The Morgan fingerprint density at radius 3 is 2.73 bits per heavy atom. The van der Waals surface area contributed by atoms with Gasteiger partial charge >= 0.3 is 0 Å². The van der Waals surface area contributed by atoms with Crippen LogP contribution >= 0.6 is 0 Å². The zero-order valence-electron chi connectivity index (χ0n) is 8.07. The normalized spacial score (nSPS) is 10.7. The Bertz CT molecular complexity index is 549. The van der Waals surface area contributed by atoms with E-state index < -0.39 is 0 Å². The minimum atomic E-state index is 0.908. The minimum absolute atomic E-state index is 0.908. The third-order valence-corrected chi connectivity index (χ3v) is 2.37. The molecule has 3 rings (SSSR count). The molecule has 15 heavy (non-hydrogen) atoms. The molecule has 0 saturated carbocycles. The Balaban J connectivity index is 2.21. The second-order valence-corrected chi connectivity index (χ2v) is 3.39. The van der Waals surface area contributed by atoms with E-state index in [0.29, 0.717) is 0 Å². The first-order valence-corrected chi connectivity index (χ1v) is 4.85. The number of aromatic nitrogens is 2. The molecule has 0 aliphatic heterocycles. The highest BCUT2D eigenvalue weighted by atomic mass is 14.9. The van der Waals surface area contributed by atoms with Crippen molar-refractivity contribution >= 4 is 11.0 Å². The van der Waals surface area contributed by atoms with E-state index in [2.05, 4.69) is 16.0 Å². The number of hydrogen-bond donors (Lipinski definition) is 1. The van der Waals surface area contributed by atoms with Gasteiger partial charge in [0.1, 0.15) is 5.82 Å². The van der Waals surface area contributed by atoms with Gasteiger partial charge in [0.2, 0.25) is 0 Å². The van der Waals surface area contributed by atoms with Gasteiger partial charge in [-0.3, -0.25) is 0 Å². The summed E-state index contributed by atoms with van der Waals surface area (Å²) in [7, 11) is 0. The number of fused-ring (bicyclic) bond motifs is 1. The number of nitrogens with zero attached hydrogens (tertiary/aromatic N) is 1. The average molecular weight is 193 g/mol. The molecule has 2 aromatic carbocycles. The fourth-order valence-electron chi connectivity index (χ4n) is 1.63. The van der Waals surface area contributed by atoms with Gasteiger partial charge in [-0.1, -0.05) is 36.4 Å². The fraction of sp³-hybridized carbons (Fsp3) is 0. The molecule has 1 aromatic heterocycles. The summed E-state index contributed by atoms with van der Waals surface area (Å²) in [4.78, 5) is 7.78. The van der Waals surface area contributed by atoms with Gasteiger partial charge in [0, 0.05) is 5.56 Å². The maximum Gasteiger partial charge on any atom is 0.138 e. The Kier molecular flexibility index (Phi) is 1.78. The van der Waals surface area contributed by atoms with Gasteiger partial charge in [-0.05, 0) is 18.2 Å². The average Bonchev–Trinajstić information content (AvgIpc) is 2.74. The molecule has 2 nitrogen and oxygen atoms in total. The molecule has 0 spiro atoms. The predicted octanol–water partition coefficient (Wildman–Crippen LogP) is 3.03. The van der Waals surface area contributed by atoms with Gasteiger partial charge in [0.25, 0.3) is 0 Å². The molecule has 0 aliphatic rings. The summed E-state index contributed by atoms with van der Waals surface area (Å²) in [6, 6.07) is 18.9. The molecule has 0 saturated heterocycles. The Hall–Kier alpha value is -2.09. The van der Waals surface area contributed by atoms with Crippen LogP contribution in [-0.2, 0) is 0 Å². The van der Waals surface area contributed by atoms with Gasteiger partial charge in [-0.15, -0.1) is 0 Å². The summed E-state index contributed by atoms with van der Waals surface area (Å²) in [5.41, 5.74) is 3.11. The summed E-state index contributed by atoms with van der Waals surface area (Å²) in [6.45, 7) is 0. The van der Waals surface area contributed by atoms with Crippen LogP contribution in [0.2, 0.25) is 0 Å². The maximum atomic E-state index is 4.50. The number of imidazole rings is 1. The van der Waals surface area contributed by atoms with Crippen LogP contribution in [0.1, 0.15) is 0 Å². The van der Waals surface area contributed by atoms with Gasteiger partial charge in [-0.2, -0.15) is 0 Å². The summed E-state index contributed by atoms with van der Waals surface area (Å²) >= 11 is 0. The van der Waals surface area contributed by atoms with Crippen LogP contribution in [-0.4, -0.2) is 9.97 Å². The van der Waals surface area contributed by atoms with E-state index >= 15 is 0 Å². The van der Waals surface area contributed by atoms with Crippen molar-refractivity contribution in [1.29, 1.82) is 0 Å². The van der Waals surface area contributed by atoms with Gasteiger partial charge in [0.05, 0.1) is 11.0 Å². The topological polar surface area (TPSA) is 28.7 Å². The third-order valence-electron chi connectivity index (χ3n) is 2.37. The number of aromatic amines is 1. The summed E-state index contributed by atoms with van der Waals surface area (Å²) < 4.78 is 0. The molecule has 1 N–H and O–H groups in total. The van der Waals surface area contributed by atoms with Crippen molar-refractivity contribution < 1.29 is 0 Å². The largest absolute Gasteiger partial charge is 0.338 e. The van der Waals surface area contributed by atoms with Crippen molar-refractivity contribution in [3.05, 3.63) is 54.6 Å². The van der Waals surface area contributed by atoms with Gasteiger partial charge < -0.3 is 4.98 Å². The predicted molar refractivity (Wildman–Crippen MR) is 60.4 cm³/mol. The first-order valence-electron chi connectivity index (χ1n) is 4.85. The number of H-pyrrole nitrogens is 1.